The Morgan fingerprint density at radius 2 is 1.46 bits per heavy atom. The first-order valence-corrected chi connectivity index (χ1v) is 4.89. The minimum atomic E-state index is -3.76. The van der Waals surface area contributed by atoms with Gasteiger partial charge in [-0.15, -0.1) is 8.57 Å². The molecule has 0 atom stereocenters. The Kier molecular flexibility index (Phi) is 4.33. The van der Waals surface area contributed by atoms with Crippen molar-refractivity contribution in [2.75, 3.05) is 0 Å². The second-order valence-corrected chi connectivity index (χ2v) is 3.88. The van der Waals surface area contributed by atoms with Crippen LogP contribution in [0.1, 0.15) is 0 Å². The SMILES string of the molecule is NC(=O)NOS(=O)(=S)ONC(N)=O. The van der Waals surface area contributed by atoms with E-state index in [1.54, 1.807) is 0 Å². The number of primary amides is 2. The molecule has 0 fully saturated rings. The van der Waals surface area contributed by atoms with Crippen LogP contribution in [0.2, 0.25) is 0 Å². The van der Waals surface area contributed by atoms with Crippen molar-refractivity contribution in [2.45, 2.75) is 0 Å². The van der Waals surface area contributed by atoms with E-state index in [1.807, 2.05) is 0 Å². The summed E-state index contributed by atoms with van der Waals surface area (Å²) in [5, 5.41) is 0. The lowest BCUT2D eigenvalue weighted by molar-refractivity contribution is 0.146. The van der Waals surface area contributed by atoms with Gasteiger partial charge >= 0.3 is 21.1 Å². The first kappa shape index (κ1) is 11.8. The van der Waals surface area contributed by atoms with Crippen molar-refractivity contribution < 1.29 is 22.4 Å². The number of carbonyl (C=O) groups excluding carboxylic acids is 2. The molecule has 0 aromatic heterocycles. The number of hydrogen-bond donors (Lipinski definition) is 4. The molecular weight excluding hydrogens is 224 g/mol. The zero-order valence-corrected chi connectivity index (χ0v) is 7.65. The smallest absolute Gasteiger partial charge is 0.337 e. The number of carbonyl (C=O) groups is 2. The van der Waals surface area contributed by atoms with Gasteiger partial charge < -0.3 is 11.5 Å². The van der Waals surface area contributed by atoms with E-state index in [0.29, 0.717) is 0 Å². The molecule has 0 aromatic carbocycles. The molecule has 6 N–H and O–H groups in total. The summed E-state index contributed by atoms with van der Waals surface area (Å²) in [6, 6.07) is -2.25. The molecule has 11 heteroatoms. The Labute approximate surface area is 77.7 Å². The molecular formula is C2H6N4O5S2. The molecule has 0 radical (unpaired) electrons. The Balaban J connectivity index is 3.95. The van der Waals surface area contributed by atoms with Crippen LogP contribution in [0.4, 0.5) is 9.59 Å². The second kappa shape index (κ2) is 4.76. The standard InChI is InChI=1S/C2H6N4O5S2/c3-1(7)5-10-13(9,12)11-6-2(4)8/h(H3,3,5,7)(H3,4,6,8). The fraction of sp³-hybridized carbons (Fsp3) is 0. The number of rotatable bonds is 4. The maximum absolute atomic E-state index is 10.8. The van der Waals surface area contributed by atoms with E-state index in [1.165, 1.54) is 11.0 Å². The highest BCUT2D eigenvalue weighted by molar-refractivity contribution is 8.27. The molecule has 0 saturated carbocycles. The highest BCUT2D eigenvalue weighted by atomic mass is 32.9. The van der Waals surface area contributed by atoms with Crippen LogP contribution in [-0.4, -0.2) is 16.3 Å². The first-order chi connectivity index (χ1) is 5.83. The first-order valence-electron chi connectivity index (χ1n) is 2.56. The van der Waals surface area contributed by atoms with E-state index in [0.717, 1.165) is 0 Å². The van der Waals surface area contributed by atoms with Crippen LogP contribution >= 0.6 is 0 Å². The topological polar surface area (TPSA) is 146 Å². The highest BCUT2D eigenvalue weighted by Crippen LogP contribution is 1.89. The number of hydroxylamine groups is 2. The van der Waals surface area contributed by atoms with Crippen molar-refractivity contribution in [2.24, 2.45) is 11.5 Å². The molecule has 0 saturated heterocycles. The molecule has 0 unspecified atom stereocenters. The third-order valence-electron chi connectivity index (χ3n) is 0.489. The van der Waals surface area contributed by atoms with Crippen molar-refractivity contribution in [3.8, 4) is 0 Å². The molecule has 0 aliphatic carbocycles. The average Bonchev–Trinajstić information content (AvgIpc) is 1.98. The lowest BCUT2D eigenvalue weighted by Gasteiger charge is -2.05. The average molecular weight is 230 g/mol. The van der Waals surface area contributed by atoms with Gasteiger partial charge in [-0.3, -0.25) is 0 Å². The van der Waals surface area contributed by atoms with E-state index >= 15 is 0 Å². The molecule has 9 nitrogen and oxygen atoms in total. The number of amides is 4. The van der Waals surface area contributed by atoms with E-state index in [2.05, 4.69) is 31.2 Å². The molecule has 0 aromatic rings. The van der Waals surface area contributed by atoms with Crippen molar-refractivity contribution in [1.29, 1.82) is 0 Å². The highest BCUT2D eigenvalue weighted by Gasteiger charge is 2.10. The van der Waals surface area contributed by atoms with Crippen LogP contribution in [0.25, 0.3) is 0 Å². The Bertz CT molecular complexity index is 274. The van der Waals surface area contributed by atoms with E-state index < -0.39 is 21.1 Å². The van der Waals surface area contributed by atoms with Gasteiger partial charge in [-0.25, -0.2) is 9.59 Å². The third kappa shape index (κ3) is 7.20. The van der Waals surface area contributed by atoms with Gasteiger partial charge in [0, 0.05) is 11.2 Å². The summed E-state index contributed by atoms with van der Waals surface area (Å²) in [7, 11) is -3.76. The molecule has 76 valence electrons. The maximum atomic E-state index is 10.8. The summed E-state index contributed by atoms with van der Waals surface area (Å²) in [5.74, 6) is 0. The predicted molar refractivity (Wildman–Crippen MR) is 43.1 cm³/mol. The molecule has 0 aliphatic rings. The predicted octanol–water partition coefficient (Wildman–Crippen LogP) is -2.24. The fourth-order valence-corrected chi connectivity index (χ4v) is 0.808. The van der Waals surface area contributed by atoms with Gasteiger partial charge in [0.05, 0.1) is 0 Å². The normalized spacial score (nSPS) is 10.5. The molecule has 0 bridgehead atoms. The summed E-state index contributed by atoms with van der Waals surface area (Å²) in [5.41, 5.74) is 12.0. The monoisotopic (exact) mass is 230 g/mol. The van der Waals surface area contributed by atoms with E-state index in [-0.39, 0.29) is 0 Å². The van der Waals surface area contributed by atoms with Gasteiger partial charge in [0.1, 0.15) is 0 Å². The molecule has 0 rings (SSSR count). The summed E-state index contributed by atoms with van der Waals surface area (Å²) < 4.78 is 18.8. The van der Waals surface area contributed by atoms with Crippen LogP contribution in [0.3, 0.4) is 0 Å². The Morgan fingerprint density at radius 1 is 1.15 bits per heavy atom. The van der Waals surface area contributed by atoms with Gasteiger partial charge in [0.2, 0.25) is 0 Å². The number of nitrogens with one attached hydrogen (secondary N) is 2. The summed E-state index contributed by atoms with van der Waals surface area (Å²) in [4.78, 5) is 20.1. The van der Waals surface area contributed by atoms with E-state index in [4.69, 9.17) is 0 Å². The van der Waals surface area contributed by atoms with Gasteiger partial charge in [-0.2, -0.15) is 15.2 Å². The second-order valence-electron chi connectivity index (χ2n) is 1.51. The number of nitrogens with two attached hydrogens (primary N) is 2. The molecule has 0 spiro atoms. The minimum absolute atomic E-state index is 1.12. The van der Waals surface area contributed by atoms with Crippen molar-refractivity contribution in [3.63, 3.8) is 0 Å². The molecule has 13 heavy (non-hydrogen) atoms. The van der Waals surface area contributed by atoms with Crippen molar-refractivity contribution in [3.05, 3.63) is 0 Å². The van der Waals surface area contributed by atoms with Crippen molar-refractivity contribution in [1.82, 2.24) is 11.0 Å². The van der Waals surface area contributed by atoms with E-state index in [9.17, 15) is 13.8 Å². The van der Waals surface area contributed by atoms with Gasteiger partial charge in [-0.1, -0.05) is 0 Å². The number of hydrogen-bond acceptors (Lipinski definition) is 6. The third-order valence-corrected chi connectivity index (χ3v) is 1.47. The lowest BCUT2D eigenvalue weighted by Crippen LogP contribution is -2.36. The van der Waals surface area contributed by atoms with Crippen LogP contribution < -0.4 is 22.4 Å². The van der Waals surface area contributed by atoms with Gasteiger partial charge in [0.15, 0.2) is 0 Å². The van der Waals surface area contributed by atoms with Crippen molar-refractivity contribution >= 4 is 32.3 Å². The van der Waals surface area contributed by atoms with Crippen LogP contribution in [-0.2, 0) is 28.8 Å². The number of urea groups is 2. The van der Waals surface area contributed by atoms with Gasteiger partial charge in [-0.05, 0) is 0 Å². The van der Waals surface area contributed by atoms with Crippen LogP contribution in [0.5, 0.6) is 0 Å². The zero-order valence-electron chi connectivity index (χ0n) is 6.01. The molecule has 4 amide bonds. The van der Waals surface area contributed by atoms with Gasteiger partial charge in [0.25, 0.3) is 0 Å². The maximum Gasteiger partial charge on any atom is 0.337 e. The minimum Gasteiger partial charge on any atom is -0.350 e. The quantitative estimate of drug-likeness (QED) is 0.402. The Morgan fingerprint density at radius 3 is 1.69 bits per heavy atom. The molecule has 0 aliphatic heterocycles. The summed E-state index contributed by atoms with van der Waals surface area (Å²) in [6.45, 7) is 0. The zero-order chi connectivity index (χ0) is 10.5. The summed E-state index contributed by atoms with van der Waals surface area (Å²) in [6.07, 6.45) is 0. The lowest BCUT2D eigenvalue weighted by atomic mass is 11.2. The van der Waals surface area contributed by atoms with Crippen LogP contribution in [0.15, 0.2) is 0 Å². The Hall–Kier alpha value is -1.17. The summed E-state index contributed by atoms with van der Waals surface area (Å²) >= 11 is 4.12. The fourth-order valence-electron chi connectivity index (χ4n) is 0.201. The van der Waals surface area contributed by atoms with Crippen LogP contribution in [0, 0.1) is 0 Å². The largest absolute Gasteiger partial charge is 0.350 e. The molecule has 0 heterocycles.